The number of hydrogen-bond donors (Lipinski definition) is 2. The van der Waals surface area contributed by atoms with E-state index in [-0.39, 0.29) is 6.61 Å². The summed E-state index contributed by atoms with van der Waals surface area (Å²) in [5.74, 6) is -1.25. The molecular formula is C21H22O7. The minimum atomic E-state index is -1.54. The van der Waals surface area contributed by atoms with Crippen LogP contribution in [0.15, 0.2) is 48.5 Å². The molecule has 1 heterocycles. The summed E-state index contributed by atoms with van der Waals surface area (Å²) in [6.07, 6.45) is -5.15. The van der Waals surface area contributed by atoms with Crippen LogP contribution in [0.1, 0.15) is 31.8 Å². The second kappa shape index (κ2) is 8.52. The van der Waals surface area contributed by atoms with Crippen LogP contribution in [0, 0.1) is 13.8 Å². The molecule has 7 nitrogen and oxygen atoms in total. The number of esters is 2. The van der Waals surface area contributed by atoms with Gasteiger partial charge in [-0.1, -0.05) is 35.4 Å². The van der Waals surface area contributed by atoms with E-state index in [0.717, 1.165) is 11.1 Å². The lowest BCUT2D eigenvalue weighted by Gasteiger charge is -2.20. The fourth-order valence-electron chi connectivity index (χ4n) is 2.81. The van der Waals surface area contributed by atoms with Crippen molar-refractivity contribution < 1.29 is 34.0 Å². The summed E-state index contributed by atoms with van der Waals surface area (Å²) in [5.41, 5.74) is 2.65. The zero-order chi connectivity index (χ0) is 20.3. The lowest BCUT2D eigenvalue weighted by atomic mass is 10.1. The first kappa shape index (κ1) is 20.0. The predicted molar refractivity (Wildman–Crippen MR) is 98.7 cm³/mol. The summed E-state index contributed by atoms with van der Waals surface area (Å²) in [5, 5.41) is 19.9. The predicted octanol–water partition coefficient (Wildman–Crippen LogP) is 1.76. The molecule has 0 amide bonds. The highest BCUT2D eigenvalue weighted by molar-refractivity contribution is 5.90. The van der Waals surface area contributed by atoms with Gasteiger partial charge in [-0.3, -0.25) is 0 Å². The van der Waals surface area contributed by atoms with Crippen LogP contribution in [0.25, 0.3) is 0 Å². The Morgan fingerprint density at radius 2 is 1.39 bits per heavy atom. The molecule has 1 aliphatic rings. The summed E-state index contributed by atoms with van der Waals surface area (Å²) in [6, 6.07) is 13.5. The van der Waals surface area contributed by atoms with Gasteiger partial charge in [-0.05, 0) is 38.1 Å². The fraction of sp³-hybridized carbons (Fsp3) is 0.333. The highest BCUT2D eigenvalue weighted by Gasteiger charge is 2.46. The van der Waals surface area contributed by atoms with Crippen molar-refractivity contribution >= 4 is 11.9 Å². The molecule has 2 aromatic rings. The molecule has 0 aromatic heterocycles. The zero-order valence-corrected chi connectivity index (χ0v) is 15.6. The number of carbonyl (C=O) groups excluding carboxylic acids is 2. The van der Waals surface area contributed by atoms with Gasteiger partial charge in [0.25, 0.3) is 0 Å². The van der Waals surface area contributed by atoms with Gasteiger partial charge in [-0.25, -0.2) is 9.59 Å². The third-order valence-corrected chi connectivity index (χ3v) is 4.51. The van der Waals surface area contributed by atoms with Crippen LogP contribution in [0.5, 0.6) is 0 Å². The number of aryl methyl sites for hydroxylation is 2. The molecule has 4 atom stereocenters. The van der Waals surface area contributed by atoms with Gasteiger partial charge in [0, 0.05) is 0 Å². The van der Waals surface area contributed by atoms with Crippen LogP contribution in [-0.4, -0.2) is 53.4 Å². The zero-order valence-electron chi connectivity index (χ0n) is 15.6. The Morgan fingerprint density at radius 1 is 0.893 bits per heavy atom. The van der Waals surface area contributed by atoms with Gasteiger partial charge < -0.3 is 24.4 Å². The molecule has 1 aliphatic heterocycles. The molecular weight excluding hydrogens is 364 g/mol. The Kier molecular flexibility index (Phi) is 6.08. The standard InChI is InChI=1S/C21H22O7/c1-12-3-7-14(8-4-12)19(23)26-11-16-18(17(22)21(25)27-16)28-20(24)15-9-5-13(2)6-10-15/h3-10,16-18,21-22,25H,11H2,1-2H3/t16-,17+,18+,21-/m0/s1. The molecule has 0 spiro atoms. The Labute approximate surface area is 162 Å². The maximum Gasteiger partial charge on any atom is 0.338 e. The summed E-state index contributed by atoms with van der Waals surface area (Å²) in [7, 11) is 0. The first-order chi connectivity index (χ1) is 13.3. The number of carbonyl (C=O) groups is 2. The minimum absolute atomic E-state index is 0.285. The monoisotopic (exact) mass is 386 g/mol. The van der Waals surface area contributed by atoms with E-state index < -0.39 is 36.5 Å². The molecule has 2 N–H and O–H groups in total. The molecule has 0 saturated carbocycles. The largest absolute Gasteiger partial charge is 0.459 e. The number of aliphatic hydroxyl groups is 2. The van der Waals surface area contributed by atoms with E-state index in [1.807, 2.05) is 13.8 Å². The van der Waals surface area contributed by atoms with Crippen molar-refractivity contribution in [3.05, 3.63) is 70.8 Å². The first-order valence-corrected chi connectivity index (χ1v) is 8.88. The summed E-state index contributed by atoms with van der Waals surface area (Å²) in [6.45, 7) is 3.50. The van der Waals surface area contributed by atoms with Gasteiger partial charge in [-0.2, -0.15) is 0 Å². The van der Waals surface area contributed by atoms with Crippen molar-refractivity contribution in [3.8, 4) is 0 Å². The van der Waals surface area contributed by atoms with E-state index in [2.05, 4.69) is 0 Å². The van der Waals surface area contributed by atoms with Crippen molar-refractivity contribution in [2.24, 2.45) is 0 Å². The van der Waals surface area contributed by atoms with Crippen molar-refractivity contribution in [1.82, 2.24) is 0 Å². The Bertz CT molecular complexity index is 829. The second-order valence-electron chi connectivity index (χ2n) is 6.76. The summed E-state index contributed by atoms with van der Waals surface area (Å²) >= 11 is 0. The van der Waals surface area contributed by atoms with E-state index >= 15 is 0 Å². The summed E-state index contributed by atoms with van der Waals surface area (Å²) < 4.78 is 15.7. The molecule has 7 heteroatoms. The molecule has 28 heavy (non-hydrogen) atoms. The average Bonchev–Trinajstić information content (AvgIpc) is 2.95. The quantitative estimate of drug-likeness (QED) is 0.755. The highest BCUT2D eigenvalue weighted by Crippen LogP contribution is 2.24. The van der Waals surface area contributed by atoms with E-state index in [4.69, 9.17) is 14.2 Å². The molecule has 0 bridgehead atoms. The number of hydrogen-bond acceptors (Lipinski definition) is 7. The lowest BCUT2D eigenvalue weighted by molar-refractivity contribution is -0.133. The van der Waals surface area contributed by atoms with Crippen molar-refractivity contribution in [3.63, 3.8) is 0 Å². The second-order valence-corrected chi connectivity index (χ2v) is 6.76. The van der Waals surface area contributed by atoms with Crippen LogP contribution in [0.3, 0.4) is 0 Å². The molecule has 148 valence electrons. The van der Waals surface area contributed by atoms with E-state index in [9.17, 15) is 19.8 Å². The van der Waals surface area contributed by atoms with Crippen molar-refractivity contribution in [1.29, 1.82) is 0 Å². The van der Waals surface area contributed by atoms with E-state index in [1.54, 1.807) is 48.5 Å². The third-order valence-electron chi connectivity index (χ3n) is 4.51. The molecule has 1 saturated heterocycles. The van der Waals surface area contributed by atoms with Crippen LogP contribution in [-0.2, 0) is 14.2 Å². The Hall–Kier alpha value is -2.74. The maximum absolute atomic E-state index is 12.3. The molecule has 0 radical (unpaired) electrons. The normalized spacial score (nSPS) is 24.0. The van der Waals surface area contributed by atoms with Crippen LogP contribution in [0.2, 0.25) is 0 Å². The van der Waals surface area contributed by atoms with Gasteiger partial charge in [0.15, 0.2) is 12.4 Å². The number of aliphatic hydroxyl groups excluding tert-OH is 2. The Morgan fingerprint density at radius 3 is 1.93 bits per heavy atom. The fourth-order valence-corrected chi connectivity index (χ4v) is 2.81. The molecule has 0 aliphatic carbocycles. The van der Waals surface area contributed by atoms with Gasteiger partial charge >= 0.3 is 11.9 Å². The smallest absolute Gasteiger partial charge is 0.338 e. The highest BCUT2D eigenvalue weighted by atomic mass is 16.7. The Balaban J connectivity index is 1.63. The minimum Gasteiger partial charge on any atom is -0.459 e. The number of rotatable bonds is 5. The van der Waals surface area contributed by atoms with E-state index in [0.29, 0.717) is 11.1 Å². The van der Waals surface area contributed by atoms with Crippen LogP contribution >= 0.6 is 0 Å². The topological polar surface area (TPSA) is 102 Å². The average molecular weight is 386 g/mol. The summed E-state index contributed by atoms with van der Waals surface area (Å²) in [4.78, 5) is 24.5. The first-order valence-electron chi connectivity index (χ1n) is 8.88. The number of ether oxygens (including phenoxy) is 3. The molecule has 3 rings (SSSR count). The maximum atomic E-state index is 12.3. The van der Waals surface area contributed by atoms with Gasteiger partial charge in [0.2, 0.25) is 0 Å². The van der Waals surface area contributed by atoms with Crippen LogP contribution < -0.4 is 0 Å². The molecule has 2 aromatic carbocycles. The van der Waals surface area contributed by atoms with Crippen molar-refractivity contribution in [2.75, 3.05) is 6.61 Å². The molecule has 0 unspecified atom stereocenters. The number of benzene rings is 2. The van der Waals surface area contributed by atoms with E-state index in [1.165, 1.54) is 0 Å². The van der Waals surface area contributed by atoms with Gasteiger partial charge in [0.05, 0.1) is 11.1 Å². The lowest BCUT2D eigenvalue weighted by Crippen LogP contribution is -2.39. The van der Waals surface area contributed by atoms with Crippen LogP contribution in [0.4, 0.5) is 0 Å². The third kappa shape index (κ3) is 4.56. The van der Waals surface area contributed by atoms with Gasteiger partial charge in [-0.15, -0.1) is 0 Å². The SMILES string of the molecule is Cc1ccc(C(=O)OC[C@@H]2O[C@H](O)[C@H](O)[C@@H]2OC(=O)c2ccc(C)cc2)cc1. The van der Waals surface area contributed by atoms with Gasteiger partial charge in [0.1, 0.15) is 18.8 Å². The molecule has 1 fully saturated rings. The van der Waals surface area contributed by atoms with Crippen molar-refractivity contribution in [2.45, 2.75) is 38.4 Å².